The normalized spacial score (nSPS) is 0. The van der Waals surface area contributed by atoms with Crippen LogP contribution in [0.1, 0.15) is 0 Å². The Morgan fingerprint density at radius 1 is 0.600 bits per heavy atom. The van der Waals surface area contributed by atoms with Crippen molar-refractivity contribution in [1.29, 1.82) is 0 Å². The zero-order valence-corrected chi connectivity index (χ0v) is 4.75. The number of hydrogen-bond donors (Lipinski definition) is 0. The minimum Gasteiger partial charge on any atom is -0.412 e. The Morgan fingerprint density at radius 3 is 0.600 bits per heavy atom. The van der Waals surface area contributed by atoms with E-state index in [2.05, 4.69) is 0 Å². The summed E-state index contributed by atoms with van der Waals surface area (Å²) in [5, 5.41) is 0. The zero-order valence-electron chi connectivity index (χ0n) is 2.13. The average Bonchev–Trinajstić information content (AvgIpc) is 0. The van der Waals surface area contributed by atoms with Gasteiger partial charge in [-0.05, 0) is 0 Å². The maximum absolute atomic E-state index is 0. The molecule has 0 fully saturated rings. The fourth-order valence-corrected chi connectivity index (χ4v) is 0. The van der Waals surface area contributed by atoms with E-state index in [1.165, 1.54) is 0 Å². The van der Waals surface area contributed by atoms with Crippen molar-refractivity contribution in [3.05, 3.63) is 0 Å². The molecule has 0 aromatic heterocycles. The van der Waals surface area contributed by atoms with Crippen LogP contribution in [0.2, 0.25) is 0 Å². The molecule has 0 amide bonds. The first-order chi connectivity index (χ1) is 0. The smallest absolute Gasteiger partial charge is 0 e. The van der Waals surface area contributed by atoms with Crippen LogP contribution in [-0.4, -0.2) is 11.0 Å². The van der Waals surface area contributed by atoms with Crippen molar-refractivity contribution in [3.63, 3.8) is 0 Å². The molecule has 5 heavy (non-hydrogen) atoms. The Hall–Kier alpha value is 0.994. The summed E-state index contributed by atoms with van der Waals surface area (Å²) >= 11 is 0. The van der Waals surface area contributed by atoms with Gasteiger partial charge in [0, 0.05) is 16.5 Å². The molecular weight excluding hydrogens is 162 g/mol. The molecule has 0 atom stereocenters. The van der Waals surface area contributed by atoms with E-state index in [1.54, 1.807) is 0 Å². The van der Waals surface area contributed by atoms with Crippen LogP contribution in [0.15, 0.2) is 0 Å². The third-order valence-electron chi connectivity index (χ3n) is 0. The molecule has 0 saturated heterocycles. The number of hydrogen-bond acceptors (Lipinski definition) is 0. The minimum atomic E-state index is 0. The topological polar surface area (TPSA) is 63.0 Å². The summed E-state index contributed by atoms with van der Waals surface area (Å²) in [6.07, 6.45) is 0. The molecule has 0 heterocycles. The van der Waals surface area contributed by atoms with Crippen LogP contribution >= 0.6 is 24.8 Å². The maximum Gasteiger partial charge on any atom is 0 e. The first kappa shape index (κ1) is 151. The molecule has 0 spiro atoms. The van der Waals surface area contributed by atoms with Crippen LogP contribution in [-0.2, 0) is 16.5 Å². The third-order valence-corrected chi connectivity index (χ3v) is 0. The van der Waals surface area contributed by atoms with E-state index in [0.717, 1.165) is 0 Å². The summed E-state index contributed by atoms with van der Waals surface area (Å²) < 4.78 is 0. The fraction of sp³-hybridized carbons (Fsp3) is 0. The summed E-state index contributed by atoms with van der Waals surface area (Å²) in [4.78, 5) is 0. The van der Waals surface area contributed by atoms with Crippen molar-refractivity contribution in [2.45, 2.75) is 0 Å². The monoisotopic (exact) mass is 166 g/mol. The minimum absolute atomic E-state index is 0. The third kappa shape index (κ3) is 45.3. The first-order valence-electron chi connectivity index (χ1n) is 0. The fourth-order valence-electron chi connectivity index (χ4n) is 0. The average molecular weight is 168 g/mol. The number of halogens is 2. The molecule has 0 aliphatic heterocycles. The predicted octanol–water partition coefficient (Wildman–Crippen LogP) is -0.808. The van der Waals surface area contributed by atoms with Gasteiger partial charge in [0.1, 0.15) is 0 Å². The molecule has 0 aliphatic carbocycles. The van der Waals surface area contributed by atoms with Crippen molar-refractivity contribution in [2.75, 3.05) is 0 Å². The molecular formula is H6Cl2NiO2. The second-order valence-electron chi connectivity index (χ2n) is 0. The van der Waals surface area contributed by atoms with Crippen LogP contribution in [0.4, 0.5) is 0 Å². The standard InChI is InChI=1S/2ClH.Ni.2H2O/h2*1H;;2*1H2. The van der Waals surface area contributed by atoms with E-state index in [0.29, 0.717) is 0 Å². The van der Waals surface area contributed by atoms with Crippen molar-refractivity contribution in [3.8, 4) is 0 Å². The molecule has 0 unspecified atom stereocenters. The van der Waals surface area contributed by atoms with E-state index in [-0.39, 0.29) is 52.3 Å². The molecule has 42 valence electrons. The van der Waals surface area contributed by atoms with Crippen molar-refractivity contribution in [1.82, 2.24) is 0 Å². The van der Waals surface area contributed by atoms with Crippen molar-refractivity contribution in [2.24, 2.45) is 0 Å². The summed E-state index contributed by atoms with van der Waals surface area (Å²) in [5.41, 5.74) is 0. The molecule has 4 N–H and O–H groups in total. The molecule has 0 bridgehead atoms. The molecule has 0 aromatic carbocycles. The van der Waals surface area contributed by atoms with Crippen LogP contribution in [0, 0.1) is 0 Å². The molecule has 0 aromatic rings. The maximum atomic E-state index is 0. The molecule has 0 aliphatic rings. The Balaban J connectivity index is 0. The van der Waals surface area contributed by atoms with E-state index in [1.807, 2.05) is 0 Å². The number of rotatable bonds is 0. The predicted molar refractivity (Wildman–Crippen MR) is 21.7 cm³/mol. The molecule has 5 heteroatoms. The van der Waals surface area contributed by atoms with E-state index in [4.69, 9.17) is 0 Å². The van der Waals surface area contributed by atoms with Gasteiger partial charge in [0.15, 0.2) is 0 Å². The SMILES string of the molecule is Cl.Cl.O.O.[Ni]. The summed E-state index contributed by atoms with van der Waals surface area (Å²) in [5.74, 6) is 0. The molecule has 0 radical (unpaired) electrons. The second-order valence-corrected chi connectivity index (χ2v) is 0. The Labute approximate surface area is 52.7 Å². The Kier molecular flexibility index (Phi) is 2440. The zero-order chi connectivity index (χ0) is 0. The van der Waals surface area contributed by atoms with Crippen LogP contribution in [0.25, 0.3) is 0 Å². The summed E-state index contributed by atoms with van der Waals surface area (Å²) in [6, 6.07) is 0. The van der Waals surface area contributed by atoms with Gasteiger partial charge in [-0.15, -0.1) is 24.8 Å². The summed E-state index contributed by atoms with van der Waals surface area (Å²) in [6.45, 7) is 0. The Bertz CT molecular complexity index is 7.61. The van der Waals surface area contributed by atoms with E-state index < -0.39 is 0 Å². The largest absolute Gasteiger partial charge is 0.412 e. The van der Waals surface area contributed by atoms with Crippen LogP contribution in [0.3, 0.4) is 0 Å². The van der Waals surface area contributed by atoms with Crippen LogP contribution < -0.4 is 0 Å². The van der Waals surface area contributed by atoms with Gasteiger partial charge >= 0.3 is 0 Å². The van der Waals surface area contributed by atoms with Crippen LogP contribution in [0.5, 0.6) is 0 Å². The van der Waals surface area contributed by atoms with Crippen molar-refractivity contribution >= 4 is 24.8 Å². The molecule has 0 rings (SSSR count). The van der Waals surface area contributed by atoms with Gasteiger partial charge in [-0.1, -0.05) is 0 Å². The van der Waals surface area contributed by atoms with Gasteiger partial charge in [-0.25, -0.2) is 0 Å². The van der Waals surface area contributed by atoms with Gasteiger partial charge in [0.2, 0.25) is 0 Å². The van der Waals surface area contributed by atoms with Crippen molar-refractivity contribution < 1.29 is 27.4 Å². The van der Waals surface area contributed by atoms with Gasteiger partial charge in [-0.3, -0.25) is 0 Å². The second kappa shape index (κ2) is 80.7. The van der Waals surface area contributed by atoms with Gasteiger partial charge in [-0.2, -0.15) is 0 Å². The molecule has 0 saturated carbocycles. The van der Waals surface area contributed by atoms with E-state index in [9.17, 15) is 0 Å². The first-order valence-corrected chi connectivity index (χ1v) is 0. The quantitative estimate of drug-likeness (QED) is 0.424. The van der Waals surface area contributed by atoms with Gasteiger partial charge in [0.25, 0.3) is 0 Å². The Morgan fingerprint density at radius 2 is 0.600 bits per heavy atom. The van der Waals surface area contributed by atoms with E-state index >= 15 is 0 Å². The van der Waals surface area contributed by atoms with Gasteiger partial charge < -0.3 is 11.0 Å². The molecule has 2 nitrogen and oxygen atoms in total. The summed E-state index contributed by atoms with van der Waals surface area (Å²) in [7, 11) is 0. The van der Waals surface area contributed by atoms with Gasteiger partial charge in [0.05, 0.1) is 0 Å².